The van der Waals surface area contributed by atoms with Gasteiger partial charge in [-0.25, -0.2) is 0 Å². The molecule has 5 rings (SSSR count). The number of benzene rings is 5. The first-order chi connectivity index (χ1) is 30.1. The third-order valence-electron chi connectivity index (χ3n) is 8.85. The van der Waals surface area contributed by atoms with E-state index >= 15 is 0 Å². The number of carbonyl (C=O) groups excluding carboxylic acids is 6. The summed E-state index contributed by atoms with van der Waals surface area (Å²) in [5.41, 5.74) is 1.95. The zero-order chi connectivity index (χ0) is 47.2. The zero-order valence-corrected chi connectivity index (χ0v) is 39.4. The van der Waals surface area contributed by atoms with E-state index in [1.54, 1.807) is 13.8 Å². The van der Waals surface area contributed by atoms with Crippen LogP contribution in [0.1, 0.15) is 45.7 Å². The molecule has 64 heavy (non-hydrogen) atoms. The predicted molar refractivity (Wildman–Crippen MR) is 253 cm³/mol. The Labute approximate surface area is 405 Å². The van der Waals surface area contributed by atoms with E-state index in [2.05, 4.69) is 41.7 Å². The first-order valence-electron chi connectivity index (χ1n) is 18.2. The van der Waals surface area contributed by atoms with E-state index in [0.29, 0.717) is 11.1 Å². The predicted octanol–water partition coefficient (Wildman–Crippen LogP) is 13.4. The summed E-state index contributed by atoms with van der Waals surface area (Å²) >= 11 is 49.1. The maximum Gasteiger partial charge on any atom is 0.258 e. The molecule has 4 amide bonds. The highest BCUT2D eigenvalue weighted by molar-refractivity contribution is 6.45. The van der Waals surface area contributed by atoms with Crippen LogP contribution in [0.25, 0.3) is 0 Å². The van der Waals surface area contributed by atoms with Gasteiger partial charge in [0.2, 0.25) is 12.1 Å². The summed E-state index contributed by atoms with van der Waals surface area (Å²) < 4.78 is 0. The number of aryl methyl sites for hydroxylation is 2. The molecule has 4 N–H and O–H groups in total. The number of rotatable bonds is 14. The molecule has 0 heterocycles. The van der Waals surface area contributed by atoms with Crippen LogP contribution in [0.2, 0.25) is 40.2 Å². The van der Waals surface area contributed by atoms with E-state index in [0.717, 1.165) is 13.8 Å². The molecule has 22 heteroatoms. The van der Waals surface area contributed by atoms with Crippen molar-refractivity contribution in [2.45, 2.75) is 39.8 Å². The first-order valence-corrected chi connectivity index (χ1v) is 21.2. The average Bonchev–Trinajstić information content (AvgIpc) is 3.21. The van der Waals surface area contributed by atoms with Crippen molar-refractivity contribution in [1.82, 2.24) is 0 Å². The van der Waals surface area contributed by atoms with Gasteiger partial charge in [0, 0.05) is 22.5 Å². The maximum atomic E-state index is 13.4. The highest BCUT2D eigenvalue weighted by Gasteiger charge is 2.27. The van der Waals surface area contributed by atoms with Gasteiger partial charge in [0.15, 0.2) is 11.6 Å². The van der Waals surface area contributed by atoms with Gasteiger partial charge < -0.3 is 21.3 Å². The van der Waals surface area contributed by atoms with Crippen LogP contribution in [-0.4, -0.2) is 47.3 Å². The molecule has 0 bridgehead atoms. The molecule has 330 valence electrons. The Morgan fingerprint density at radius 1 is 0.422 bits per heavy atom. The number of nitrogens with zero attached hydrogens (tertiary/aromatic N) is 4. The number of hydrogen-bond acceptors (Lipinski definition) is 10. The number of Topliss-reactive ketones (excluding diaryl/α,β-unsaturated/α-hetero) is 2. The van der Waals surface area contributed by atoms with Gasteiger partial charge in [0.05, 0.1) is 51.6 Å². The second-order valence-electron chi connectivity index (χ2n) is 13.7. The molecule has 0 fully saturated rings. The van der Waals surface area contributed by atoms with Crippen molar-refractivity contribution < 1.29 is 28.8 Å². The Hall–Kier alpha value is -5.16. The summed E-state index contributed by atoms with van der Waals surface area (Å²) in [5.74, 6) is -4.22. The number of anilines is 4. The van der Waals surface area contributed by atoms with E-state index in [-0.39, 0.29) is 85.4 Å². The molecule has 0 aromatic heterocycles. The van der Waals surface area contributed by atoms with Crippen LogP contribution >= 0.6 is 92.8 Å². The molecule has 0 spiro atoms. The summed E-state index contributed by atoms with van der Waals surface area (Å²) in [6.07, 6.45) is 0. The summed E-state index contributed by atoms with van der Waals surface area (Å²) in [7, 11) is 0. The van der Waals surface area contributed by atoms with Crippen LogP contribution in [0.4, 0.5) is 34.1 Å². The lowest BCUT2D eigenvalue weighted by molar-refractivity contribution is -0.127. The number of hydrogen-bond donors (Lipinski definition) is 4. The normalized spacial score (nSPS) is 12.2. The van der Waals surface area contributed by atoms with Crippen molar-refractivity contribution in [3.63, 3.8) is 0 Å². The third kappa shape index (κ3) is 12.5. The van der Waals surface area contributed by atoms with Crippen LogP contribution in [-0.2, 0) is 19.2 Å². The van der Waals surface area contributed by atoms with Gasteiger partial charge in [-0.05, 0) is 112 Å². The summed E-state index contributed by atoms with van der Waals surface area (Å²) in [4.78, 5) is 78.1. The number of halogens is 8. The second kappa shape index (κ2) is 21.7. The minimum Gasteiger partial charge on any atom is -0.324 e. The van der Waals surface area contributed by atoms with Gasteiger partial charge in [0.1, 0.15) is 11.4 Å². The number of ketones is 2. The van der Waals surface area contributed by atoms with E-state index in [9.17, 15) is 28.8 Å². The molecule has 0 saturated carbocycles. The van der Waals surface area contributed by atoms with Crippen molar-refractivity contribution in [3.8, 4) is 0 Å². The van der Waals surface area contributed by atoms with Gasteiger partial charge in [-0.3, -0.25) is 28.8 Å². The molecule has 0 aliphatic carbocycles. The summed E-state index contributed by atoms with van der Waals surface area (Å²) in [6.45, 7) is 5.54. The SMILES string of the molecule is CC(=O)C(N=Nc1cc(C(=O)Nc2cc(Cl)c(Cl)cc2Cl)ccc1Cl)C(=O)Nc1cc(C)c(NC(=O)C(N=Nc2cc(C(=O)Nc3cc(Cl)c(Cl)cc3Cl)ccc2Cl)C(C)=O)cc1C. The van der Waals surface area contributed by atoms with Crippen molar-refractivity contribution in [2.24, 2.45) is 20.5 Å². The third-order valence-corrected chi connectivity index (χ3v) is 11.6. The molecule has 5 aromatic rings. The van der Waals surface area contributed by atoms with Gasteiger partial charge in [-0.15, -0.1) is 0 Å². The lowest BCUT2D eigenvalue weighted by Crippen LogP contribution is -2.32. The van der Waals surface area contributed by atoms with Gasteiger partial charge in [-0.2, -0.15) is 20.5 Å². The smallest absolute Gasteiger partial charge is 0.258 e. The fourth-order valence-electron chi connectivity index (χ4n) is 5.45. The molecule has 2 unspecified atom stereocenters. The van der Waals surface area contributed by atoms with E-state index < -0.39 is 47.3 Å². The minimum atomic E-state index is -1.63. The van der Waals surface area contributed by atoms with Crippen molar-refractivity contribution in [3.05, 3.63) is 135 Å². The van der Waals surface area contributed by atoms with Crippen LogP contribution in [0.15, 0.2) is 93.3 Å². The van der Waals surface area contributed by atoms with Crippen molar-refractivity contribution >= 4 is 162 Å². The molecule has 0 radical (unpaired) electrons. The topological polar surface area (TPSA) is 200 Å². The highest BCUT2D eigenvalue weighted by atomic mass is 35.5. The Bertz CT molecular complexity index is 2630. The fourth-order valence-corrected chi connectivity index (χ4v) is 6.95. The maximum absolute atomic E-state index is 13.4. The Balaban J connectivity index is 1.27. The molecule has 2 atom stereocenters. The monoisotopic (exact) mass is 1020 g/mol. The molecule has 5 aromatic carbocycles. The lowest BCUT2D eigenvalue weighted by Gasteiger charge is -2.16. The van der Waals surface area contributed by atoms with Crippen LogP contribution in [0, 0.1) is 13.8 Å². The lowest BCUT2D eigenvalue weighted by atomic mass is 10.1. The largest absolute Gasteiger partial charge is 0.324 e. The molecule has 14 nitrogen and oxygen atoms in total. The van der Waals surface area contributed by atoms with Gasteiger partial charge in [-0.1, -0.05) is 92.8 Å². The van der Waals surface area contributed by atoms with Gasteiger partial charge in [0.25, 0.3) is 23.6 Å². The van der Waals surface area contributed by atoms with Gasteiger partial charge >= 0.3 is 0 Å². The van der Waals surface area contributed by atoms with E-state index in [4.69, 9.17) is 92.8 Å². The molecular formula is C42H30Cl8N8O6. The summed E-state index contributed by atoms with van der Waals surface area (Å²) in [5, 5.41) is 27.6. The summed E-state index contributed by atoms with van der Waals surface area (Å²) in [6, 6.07) is 13.5. The Kier molecular flexibility index (Phi) is 16.9. The standard InChI is InChI=1S/C42H30Cl8N8O6/c1-17-9-32(52-42(64)38(20(4)60)58-56-36-12-22(6-8-24(36)44)40(62)54-34-16-28(48)26(46)14-30(34)50)18(2)10-31(17)51-41(63)37(19(3)59)57-55-35-11-21(5-7-23(35)43)39(61)53-33-15-27(47)25(45)13-29(33)49/h5-16,37-38H,1-4H3,(H,51,63)(H,52,64)(H,53,61)(H,54,62). The molecular weight excluding hydrogens is 996 g/mol. The molecule has 0 saturated heterocycles. The van der Waals surface area contributed by atoms with Crippen LogP contribution in [0.3, 0.4) is 0 Å². The van der Waals surface area contributed by atoms with E-state index in [1.807, 2.05) is 0 Å². The molecule has 0 aliphatic rings. The number of carbonyl (C=O) groups is 6. The Morgan fingerprint density at radius 3 is 1.11 bits per heavy atom. The van der Waals surface area contributed by atoms with Crippen LogP contribution in [0.5, 0.6) is 0 Å². The molecule has 0 aliphatic heterocycles. The quantitative estimate of drug-likeness (QED) is 0.0484. The Morgan fingerprint density at radius 2 is 0.766 bits per heavy atom. The average molecular weight is 1030 g/mol. The minimum absolute atomic E-state index is 0.0183. The second-order valence-corrected chi connectivity index (χ2v) is 16.9. The van der Waals surface area contributed by atoms with Crippen LogP contribution < -0.4 is 21.3 Å². The van der Waals surface area contributed by atoms with E-state index in [1.165, 1.54) is 72.8 Å². The fraction of sp³-hybridized carbons (Fsp3) is 0.143. The highest BCUT2D eigenvalue weighted by Crippen LogP contribution is 2.35. The number of amides is 4. The van der Waals surface area contributed by atoms with Crippen molar-refractivity contribution in [1.29, 1.82) is 0 Å². The number of nitrogens with one attached hydrogen (secondary N) is 4. The number of azo groups is 2. The van der Waals surface area contributed by atoms with Crippen molar-refractivity contribution in [2.75, 3.05) is 21.3 Å². The zero-order valence-electron chi connectivity index (χ0n) is 33.3. The first kappa shape index (κ1) is 49.8.